The van der Waals surface area contributed by atoms with Gasteiger partial charge >= 0.3 is 6.03 Å². The van der Waals surface area contributed by atoms with E-state index in [2.05, 4.69) is 5.32 Å². The first-order valence-electron chi connectivity index (χ1n) is 9.95. The maximum absolute atomic E-state index is 13.9. The number of hydrogen-bond acceptors (Lipinski definition) is 6. The van der Waals surface area contributed by atoms with E-state index < -0.39 is 35.2 Å². The van der Waals surface area contributed by atoms with Crippen molar-refractivity contribution < 1.29 is 23.9 Å². The van der Waals surface area contributed by atoms with Crippen molar-refractivity contribution in [3.05, 3.63) is 59.7 Å². The third-order valence-electron chi connectivity index (χ3n) is 6.29. The molecule has 3 aliphatic rings. The highest BCUT2D eigenvalue weighted by atomic mass is 16.5. The first kappa shape index (κ1) is 19.3. The van der Waals surface area contributed by atoms with Gasteiger partial charge in [0.05, 0.1) is 24.9 Å². The van der Waals surface area contributed by atoms with E-state index in [1.54, 1.807) is 0 Å². The smallest absolute Gasteiger partial charge is 0.335 e. The third-order valence-corrected chi connectivity index (χ3v) is 6.29. The van der Waals surface area contributed by atoms with Gasteiger partial charge in [0.1, 0.15) is 0 Å². The highest BCUT2D eigenvalue weighted by molar-refractivity contribution is 6.30. The fourth-order valence-corrected chi connectivity index (χ4v) is 4.77. The molecule has 3 heterocycles. The van der Waals surface area contributed by atoms with Crippen molar-refractivity contribution in [3.63, 3.8) is 0 Å². The molecule has 2 fully saturated rings. The molecule has 5 rings (SSSR count). The van der Waals surface area contributed by atoms with Crippen molar-refractivity contribution in [2.75, 3.05) is 29.6 Å². The van der Waals surface area contributed by atoms with Crippen LogP contribution in [0, 0.1) is 5.41 Å². The molecule has 0 bridgehead atoms. The van der Waals surface area contributed by atoms with Gasteiger partial charge in [-0.05, 0) is 42.3 Å². The molecule has 0 saturated carbocycles. The zero-order valence-corrected chi connectivity index (χ0v) is 16.5. The van der Waals surface area contributed by atoms with Crippen LogP contribution in [0.3, 0.4) is 0 Å². The summed E-state index contributed by atoms with van der Waals surface area (Å²) in [6.07, 6.45) is 0.154. The molecule has 5 amide bonds. The number of ether oxygens (including phenoxy) is 1. The minimum Gasteiger partial charge on any atom is -0.377 e. The summed E-state index contributed by atoms with van der Waals surface area (Å²) >= 11 is 0. The number of anilines is 2. The number of amides is 5. The normalized spacial score (nSPS) is 25.2. The molecule has 2 aromatic carbocycles. The number of primary amides is 1. The number of fused-ring (bicyclic) bond motifs is 4. The average Bonchev–Trinajstić information content (AvgIpc) is 2.78. The summed E-state index contributed by atoms with van der Waals surface area (Å²) in [6.45, 7) is 1.20. The number of carbonyl (C=O) groups is 4. The lowest BCUT2D eigenvalue weighted by Crippen LogP contribution is -2.74. The standard InChI is InChI=1S/C22H20N4O5/c23-18(27)13-5-7-15(8-6-13)26-20(29)22(19(28)24-21(26)30)11-14-3-1-2-4-16(14)25-9-10-31-12-17(22)25/h1-8,17H,9-12H2,(H2,23,27)(H,24,28,30)/t17-,22+/m1/s1. The summed E-state index contributed by atoms with van der Waals surface area (Å²) in [7, 11) is 0. The maximum atomic E-state index is 13.9. The van der Waals surface area contributed by atoms with Crippen molar-refractivity contribution in [2.45, 2.75) is 12.5 Å². The lowest BCUT2D eigenvalue weighted by atomic mass is 9.68. The Bertz CT molecular complexity index is 1120. The largest absolute Gasteiger partial charge is 0.377 e. The molecule has 158 valence electrons. The van der Waals surface area contributed by atoms with E-state index in [4.69, 9.17) is 10.5 Å². The second-order valence-electron chi connectivity index (χ2n) is 7.87. The van der Waals surface area contributed by atoms with Crippen LogP contribution in [0.25, 0.3) is 0 Å². The van der Waals surface area contributed by atoms with Crippen LogP contribution in [0.1, 0.15) is 15.9 Å². The van der Waals surface area contributed by atoms with E-state index in [1.165, 1.54) is 24.3 Å². The Balaban J connectivity index is 1.62. The molecular weight excluding hydrogens is 400 g/mol. The molecule has 0 radical (unpaired) electrons. The van der Waals surface area contributed by atoms with Crippen LogP contribution >= 0.6 is 0 Å². The van der Waals surface area contributed by atoms with E-state index in [9.17, 15) is 19.2 Å². The molecule has 1 spiro atoms. The summed E-state index contributed by atoms with van der Waals surface area (Å²) < 4.78 is 5.66. The number of barbiturate groups is 1. The van der Waals surface area contributed by atoms with Crippen molar-refractivity contribution in [3.8, 4) is 0 Å². The Hall–Kier alpha value is -3.72. The van der Waals surface area contributed by atoms with Gasteiger partial charge in [-0.15, -0.1) is 0 Å². The molecule has 2 aromatic rings. The molecule has 0 aliphatic carbocycles. The minimum atomic E-state index is -1.52. The molecule has 9 heteroatoms. The Morgan fingerprint density at radius 2 is 1.84 bits per heavy atom. The number of hydrogen-bond donors (Lipinski definition) is 2. The van der Waals surface area contributed by atoms with Crippen LogP contribution in [0.2, 0.25) is 0 Å². The fourth-order valence-electron chi connectivity index (χ4n) is 4.77. The van der Waals surface area contributed by atoms with Crippen LogP contribution in [-0.2, 0) is 20.7 Å². The Labute approximate surface area is 177 Å². The monoisotopic (exact) mass is 420 g/mol. The van der Waals surface area contributed by atoms with Crippen LogP contribution < -0.4 is 20.9 Å². The van der Waals surface area contributed by atoms with E-state index in [1.807, 2.05) is 29.2 Å². The van der Waals surface area contributed by atoms with Crippen molar-refractivity contribution in [2.24, 2.45) is 11.1 Å². The van der Waals surface area contributed by atoms with Gasteiger partial charge in [0, 0.05) is 17.8 Å². The lowest BCUT2D eigenvalue weighted by Gasteiger charge is -2.53. The van der Waals surface area contributed by atoms with Crippen LogP contribution in [0.4, 0.5) is 16.2 Å². The average molecular weight is 420 g/mol. The van der Waals surface area contributed by atoms with Crippen LogP contribution in [0.15, 0.2) is 48.5 Å². The number of morpholine rings is 1. The summed E-state index contributed by atoms with van der Waals surface area (Å²) in [5.74, 6) is -1.85. The predicted molar refractivity (Wildman–Crippen MR) is 111 cm³/mol. The number of benzene rings is 2. The molecule has 2 saturated heterocycles. The highest BCUT2D eigenvalue weighted by Crippen LogP contribution is 2.45. The van der Waals surface area contributed by atoms with Crippen LogP contribution in [-0.4, -0.2) is 49.6 Å². The highest BCUT2D eigenvalue weighted by Gasteiger charge is 2.62. The SMILES string of the molecule is NC(=O)c1ccc(N2C(=O)NC(=O)[C@@]3(Cc4ccccc4N4CCOC[C@@H]43)C2=O)cc1. The third kappa shape index (κ3) is 2.73. The zero-order chi connectivity index (χ0) is 21.8. The van der Waals surface area contributed by atoms with Gasteiger partial charge in [-0.3, -0.25) is 19.7 Å². The summed E-state index contributed by atoms with van der Waals surface area (Å²) in [4.78, 5) is 54.2. The Morgan fingerprint density at radius 3 is 2.58 bits per heavy atom. The van der Waals surface area contributed by atoms with E-state index in [0.29, 0.717) is 13.2 Å². The van der Waals surface area contributed by atoms with E-state index in [-0.39, 0.29) is 24.3 Å². The molecular formula is C22H20N4O5. The maximum Gasteiger partial charge on any atom is 0.335 e. The number of nitrogens with two attached hydrogens (primary N) is 1. The summed E-state index contributed by atoms with van der Waals surface area (Å²) in [5.41, 5.74) is 6.09. The number of rotatable bonds is 2. The number of para-hydroxylation sites is 1. The van der Waals surface area contributed by atoms with Crippen molar-refractivity contribution in [1.29, 1.82) is 0 Å². The molecule has 3 aliphatic heterocycles. The summed E-state index contributed by atoms with van der Waals surface area (Å²) in [5, 5.41) is 2.37. The van der Waals surface area contributed by atoms with Crippen molar-refractivity contribution >= 4 is 35.1 Å². The minimum absolute atomic E-state index is 0.154. The van der Waals surface area contributed by atoms with Gasteiger partial charge in [-0.25, -0.2) is 9.69 Å². The van der Waals surface area contributed by atoms with E-state index >= 15 is 0 Å². The molecule has 0 aromatic heterocycles. The lowest BCUT2D eigenvalue weighted by molar-refractivity contribution is -0.146. The topological polar surface area (TPSA) is 122 Å². The van der Waals surface area contributed by atoms with Crippen molar-refractivity contribution in [1.82, 2.24) is 5.32 Å². The number of imide groups is 2. The van der Waals surface area contributed by atoms with Gasteiger partial charge in [0.2, 0.25) is 11.8 Å². The first-order chi connectivity index (χ1) is 14.9. The van der Waals surface area contributed by atoms with Crippen LogP contribution in [0.5, 0.6) is 0 Å². The fraction of sp³-hybridized carbons (Fsp3) is 0.273. The van der Waals surface area contributed by atoms with Gasteiger partial charge in [0.25, 0.3) is 5.91 Å². The Kier molecular flexibility index (Phi) is 4.30. The molecule has 3 N–H and O–H groups in total. The number of nitrogens with zero attached hydrogens (tertiary/aromatic N) is 2. The van der Waals surface area contributed by atoms with Gasteiger partial charge in [-0.1, -0.05) is 18.2 Å². The quantitative estimate of drug-likeness (QED) is 0.694. The number of carbonyl (C=O) groups excluding carboxylic acids is 4. The zero-order valence-electron chi connectivity index (χ0n) is 16.5. The molecule has 9 nitrogen and oxygen atoms in total. The molecule has 0 unspecified atom stereocenters. The molecule has 31 heavy (non-hydrogen) atoms. The van der Waals surface area contributed by atoms with Gasteiger partial charge < -0.3 is 15.4 Å². The number of nitrogens with one attached hydrogen (secondary N) is 1. The molecule has 2 atom stereocenters. The Morgan fingerprint density at radius 1 is 1.10 bits per heavy atom. The predicted octanol–water partition coefficient (Wildman–Crippen LogP) is 0.816. The second kappa shape index (κ2) is 6.92. The van der Waals surface area contributed by atoms with Gasteiger partial charge in [-0.2, -0.15) is 0 Å². The van der Waals surface area contributed by atoms with E-state index in [0.717, 1.165) is 16.2 Å². The first-order valence-corrected chi connectivity index (χ1v) is 9.95. The number of urea groups is 1. The summed E-state index contributed by atoms with van der Waals surface area (Å²) in [6, 6.07) is 12.1. The second-order valence-corrected chi connectivity index (χ2v) is 7.87. The van der Waals surface area contributed by atoms with Gasteiger partial charge in [0.15, 0.2) is 5.41 Å².